The number of alkyl halides is 3. The van der Waals surface area contributed by atoms with Crippen molar-refractivity contribution in [1.82, 2.24) is 9.80 Å². The van der Waals surface area contributed by atoms with Crippen LogP contribution in [0.2, 0.25) is 5.02 Å². The quantitative estimate of drug-likeness (QED) is 0.571. The average molecular weight is 549 g/mol. The largest absolute Gasteiger partial charge is 0.406 e. The number of Topliss-reactive ketones (excluding diaryl/α,β-unsaturated/α-hetero) is 1. The van der Waals surface area contributed by atoms with Crippen LogP contribution in [0.4, 0.5) is 13.2 Å². The van der Waals surface area contributed by atoms with Gasteiger partial charge in [-0.1, -0.05) is 11.6 Å². The molecule has 1 saturated heterocycles. The van der Waals surface area contributed by atoms with Gasteiger partial charge < -0.3 is 9.80 Å². The fourth-order valence-corrected chi connectivity index (χ4v) is 6.17. The zero-order valence-corrected chi connectivity index (χ0v) is 21.7. The van der Waals surface area contributed by atoms with Crippen LogP contribution < -0.4 is 0 Å². The van der Waals surface area contributed by atoms with Crippen LogP contribution in [0.25, 0.3) is 0 Å². The molecule has 0 spiro atoms. The second kappa shape index (κ2) is 10.3. The third kappa shape index (κ3) is 5.41. The van der Waals surface area contributed by atoms with E-state index in [0.717, 1.165) is 21.7 Å². The third-order valence-electron chi connectivity index (χ3n) is 7.81. The highest BCUT2D eigenvalue weighted by Crippen LogP contribution is 2.36. The number of nitrogens with zero attached hydrogens (tertiary/aromatic N) is 4. The molecule has 5 rings (SSSR count). The molecule has 7 nitrogen and oxygen atoms in total. The number of likely N-dealkylation sites (tertiary alicyclic amines) is 1. The Bertz CT molecular complexity index is 1280. The molecule has 1 fully saturated rings. The highest BCUT2D eigenvalue weighted by molar-refractivity contribution is 6.32. The van der Waals surface area contributed by atoms with Gasteiger partial charge in [0.1, 0.15) is 13.1 Å². The van der Waals surface area contributed by atoms with E-state index in [1.807, 2.05) is 13.0 Å². The zero-order valence-electron chi connectivity index (χ0n) is 21.0. The van der Waals surface area contributed by atoms with Crippen LogP contribution in [-0.2, 0) is 33.9 Å². The minimum absolute atomic E-state index is 0.00282. The van der Waals surface area contributed by atoms with E-state index in [0.29, 0.717) is 54.2 Å². The van der Waals surface area contributed by atoms with E-state index < -0.39 is 24.5 Å². The third-order valence-corrected chi connectivity index (χ3v) is 8.15. The second-order valence-corrected chi connectivity index (χ2v) is 10.8. The lowest BCUT2D eigenvalue weighted by Crippen LogP contribution is -2.44. The fraction of sp³-hybridized carbons (Fsp3) is 0.519. The molecule has 0 aliphatic carbocycles. The molecular formula is C27H28ClF3N4O3. The lowest BCUT2D eigenvalue weighted by atomic mass is 9.84. The van der Waals surface area contributed by atoms with Crippen LogP contribution in [-0.4, -0.2) is 71.7 Å². The van der Waals surface area contributed by atoms with Gasteiger partial charge in [0.15, 0.2) is 5.78 Å². The summed E-state index contributed by atoms with van der Waals surface area (Å²) in [6.07, 6.45) is 0.00942. The van der Waals surface area contributed by atoms with Crippen molar-refractivity contribution < 1.29 is 27.6 Å². The van der Waals surface area contributed by atoms with E-state index in [-0.39, 0.29) is 43.5 Å². The molecule has 4 aliphatic heterocycles. The monoisotopic (exact) mass is 548 g/mol. The number of allylic oxidation sites excluding steroid dienone is 1. The Morgan fingerprint density at radius 1 is 1.16 bits per heavy atom. The van der Waals surface area contributed by atoms with E-state index in [1.165, 1.54) is 0 Å². The van der Waals surface area contributed by atoms with Crippen molar-refractivity contribution in [2.75, 3.05) is 26.2 Å². The first kappa shape index (κ1) is 26.6. The lowest BCUT2D eigenvalue weighted by Gasteiger charge is -2.34. The molecule has 4 aliphatic rings. The van der Waals surface area contributed by atoms with Gasteiger partial charge in [0.05, 0.1) is 12.5 Å². The van der Waals surface area contributed by atoms with Crippen LogP contribution in [0.5, 0.6) is 0 Å². The minimum Gasteiger partial charge on any atom is -0.343 e. The molecular weight excluding hydrogens is 521 g/mol. The number of rotatable bonds is 4. The smallest absolute Gasteiger partial charge is 0.343 e. The van der Waals surface area contributed by atoms with E-state index >= 15 is 0 Å². The molecule has 2 amide bonds. The molecule has 0 radical (unpaired) electrons. The second-order valence-electron chi connectivity index (χ2n) is 10.4. The summed E-state index contributed by atoms with van der Waals surface area (Å²) in [5.74, 6) is -1.85. The summed E-state index contributed by atoms with van der Waals surface area (Å²) in [4.78, 5) is 49.8. The van der Waals surface area contributed by atoms with Crippen LogP contribution >= 0.6 is 11.6 Å². The highest BCUT2D eigenvalue weighted by atomic mass is 35.5. The Kier molecular flexibility index (Phi) is 7.19. The highest BCUT2D eigenvalue weighted by Gasteiger charge is 2.40. The summed E-state index contributed by atoms with van der Waals surface area (Å²) in [6, 6.07) is 1.71. The van der Waals surface area contributed by atoms with Gasteiger partial charge in [-0.25, -0.2) is 0 Å². The van der Waals surface area contributed by atoms with Crippen LogP contribution in [0.1, 0.15) is 48.4 Å². The number of carbonyl (C=O) groups is 3. The number of amides is 2. The van der Waals surface area contributed by atoms with Crippen molar-refractivity contribution in [3.05, 3.63) is 45.0 Å². The van der Waals surface area contributed by atoms with Crippen molar-refractivity contribution >= 4 is 41.1 Å². The first-order valence-electron chi connectivity index (χ1n) is 12.7. The van der Waals surface area contributed by atoms with E-state index in [2.05, 4.69) is 9.98 Å². The predicted octanol–water partition coefficient (Wildman–Crippen LogP) is 3.93. The molecule has 202 valence electrons. The zero-order chi connectivity index (χ0) is 27.2. The lowest BCUT2D eigenvalue weighted by molar-refractivity contribution is -0.165. The van der Waals surface area contributed by atoms with E-state index in [4.69, 9.17) is 11.6 Å². The first-order chi connectivity index (χ1) is 18.0. The van der Waals surface area contributed by atoms with Crippen molar-refractivity contribution in [1.29, 1.82) is 0 Å². The topological polar surface area (TPSA) is 82.4 Å². The van der Waals surface area contributed by atoms with Crippen LogP contribution in [0.15, 0.2) is 27.7 Å². The van der Waals surface area contributed by atoms with E-state index in [1.54, 1.807) is 17.2 Å². The first-order valence-corrected chi connectivity index (χ1v) is 13.1. The number of fused-ring (bicyclic) bond motifs is 3. The number of ketones is 1. The van der Waals surface area contributed by atoms with Crippen LogP contribution in [0.3, 0.4) is 0 Å². The molecule has 1 aromatic rings. The van der Waals surface area contributed by atoms with Gasteiger partial charge in [-0.3, -0.25) is 24.4 Å². The molecule has 0 aromatic heterocycles. The number of piperidine rings is 1. The Hall–Kier alpha value is -3.01. The molecule has 0 N–H and O–H groups in total. The van der Waals surface area contributed by atoms with Gasteiger partial charge in [-0.05, 0) is 55.4 Å². The number of aliphatic imine (C=N–C) groups is 2. The van der Waals surface area contributed by atoms with Gasteiger partial charge in [-0.2, -0.15) is 13.2 Å². The standard InChI is InChI=1S/C27H28ClF3N4O3/c1-15-6-19(24(36)12-33-15)16-2-4-34(5-3-16)25(37)9-18-7-17-8-23(28)21-11-32-10-20(21)22(17)13-35(26(18)38)14-27(29,30)31/h6,8,10,16,18H,2-5,7,9,11-14H2,1H3/t18-/m0/s1. The number of dihydropyridines is 1. The van der Waals surface area contributed by atoms with E-state index in [9.17, 15) is 27.6 Å². The normalized spacial score (nSPS) is 22.2. The maximum atomic E-state index is 13.4. The maximum absolute atomic E-state index is 13.4. The SMILES string of the molecule is CC1=NCC(=O)C(C2CCN(C(=O)C[C@@H]3Cc4cc(Cl)c5c(c4CN(CC(F)(F)F)C3=O)C=NC5)CC2)=C1. The number of carbonyl (C=O) groups excluding carboxylic acids is 3. The molecule has 4 heterocycles. The molecule has 11 heteroatoms. The summed E-state index contributed by atoms with van der Waals surface area (Å²) in [5, 5.41) is 0.465. The molecule has 1 aromatic carbocycles. The number of benzene rings is 1. The summed E-state index contributed by atoms with van der Waals surface area (Å²) in [6.45, 7) is 1.59. The molecule has 0 saturated carbocycles. The summed E-state index contributed by atoms with van der Waals surface area (Å²) in [7, 11) is 0. The molecule has 0 bridgehead atoms. The van der Waals surface area contributed by atoms with Crippen LogP contribution in [0, 0.1) is 11.8 Å². The van der Waals surface area contributed by atoms with Crippen molar-refractivity contribution in [2.45, 2.75) is 51.9 Å². The summed E-state index contributed by atoms with van der Waals surface area (Å²) < 4.78 is 40.3. The fourth-order valence-electron chi connectivity index (χ4n) is 5.88. The molecule has 1 atom stereocenters. The molecule has 0 unspecified atom stereocenters. The number of hydrogen-bond acceptors (Lipinski definition) is 5. The summed E-state index contributed by atoms with van der Waals surface area (Å²) in [5.41, 5.74) is 4.27. The average Bonchev–Trinajstić information content (AvgIpc) is 3.32. The number of hydrogen-bond donors (Lipinski definition) is 0. The number of halogens is 4. The van der Waals surface area contributed by atoms with Gasteiger partial charge in [0.2, 0.25) is 11.8 Å². The summed E-state index contributed by atoms with van der Waals surface area (Å²) >= 11 is 6.44. The Morgan fingerprint density at radius 3 is 2.61 bits per heavy atom. The Morgan fingerprint density at radius 2 is 1.89 bits per heavy atom. The van der Waals surface area contributed by atoms with Gasteiger partial charge in [0, 0.05) is 59.7 Å². The Balaban J connectivity index is 1.33. The maximum Gasteiger partial charge on any atom is 0.406 e. The minimum atomic E-state index is -4.57. The van der Waals surface area contributed by atoms with Crippen molar-refractivity contribution in [3.63, 3.8) is 0 Å². The molecule has 38 heavy (non-hydrogen) atoms. The van der Waals surface area contributed by atoms with Gasteiger partial charge in [0.25, 0.3) is 0 Å². The Labute approximate surface area is 223 Å². The van der Waals surface area contributed by atoms with Crippen molar-refractivity contribution in [2.24, 2.45) is 21.8 Å². The van der Waals surface area contributed by atoms with Crippen molar-refractivity contribution in [3.8, 4) is 0 Å². The van der Waals surface area contributed by atoms with Gasteiger partial charge in [-0.15, -0.1) is 0 Å². The van der Waals surface area contributed by atoms with Gasteiger partial charge >= 0.3 is 6.18 Å². The predicted molar refractivity (Wildman–Crippen MR) is 136 cm³/mol.